The molecule has 0 atom stereocenters. The summed E-state index contributed by atoms with van der Waals surface area (Å²) in [6, 6.07) is 6.24. The van der Waals surface area contributed by atoms with Crippen LogP contribution < -0.4 is 0 Å². The Morgan fingerprint density at radius 2 is 2.18 bits per heavy atom. The molecule has 0 saturated heterocycles. The van der Waals surface area contributed by atoms with Gasteiger partial charge in [0.05, 0.1) is 0 Å². The van der Waals surface area contributed by atoms with Crippen molar-refractivity contribution in [2.45, 2.75) is 20.3 Å². The molecule has 0 nitrogen and oxygen atoms in total. The van der Waals surface area contributed by atoms with Gasteiger partial charge in [-0.05, 0) is 30.5 Å². The van der Waals surface area contributed by atoms with Crippen LogP contribution in [0, 0.1) is 19.3 Å². The summed E-state index contributed by atoms with van der Waals surface area (Å²) >= 11 is 0. The first-order valence-electron chi connectivity index (χ1n) is 3.84. The van der Waals surface area contributed by atoms with Crippen molar-refractivity contribution >= 4 is 0 Å². The van der Waals surface area contributed by atoms with E-state index < -0.39 is 0 Å². The lowest BCUT2D eigenvalue weighted by Gasteiger charge is -2.00. The summed E-state index contributed by atoms with van der Waals surface area (Å²) in [6.07, 6.45) is 6.37. The summed E-state index contributed by atoms with van der Waals surface area (Å²) in [6.45, 7) is 4.19. The number of benzene rings is 1. The SMILES string of the molecule is C#Cc1ccc(CC)cc1C. The molecule has 0 radical (unpaired) electrons. The number of terminal acetylenes is 1. The Balaban J connectivity index is 3.12. The van der Waals surface area contributed by atoms with Gasteiger partial charge < -0.3 is 0 Å². The van der Waals surface area contributed by atoms with Gasteiger partial charge in [0.2, 0.25) is 0 Å². The summed E-state index contributed by atoms with van der Waals surface area (Å²) in [5, 5.41) is 0. The first-order chi connectivity index (χ1) is 5.27. The first-order valence-corrected chi connectivity index (χ1v) is 3.84. The fraction of sp³-hybridized carbons (Fsp3) is 0.273. The molecule has 0 spiro atoms. The van der Waals surface area contributed by atoms with E-state index in [0.717, 1.165) is 12.0 Å². The van der Waals surface area contributed by atoms with E-state index in [2.05, 4.69) is 25.0 Å². The fourth-order valence-electron chi connectivity index (χ4n) is 1.11. The predicted octanol–water partition coefficient (Wildman–Crippen LogP) is 2.54. The molecule has 0 heteroatoms. The topological polar surface area (TPSA) is 0 Å². The zero-order valence-corrected chi connectivity index (χ0v) is 7.02. The number of hydrogen-bond acceptors (Lipinski definition) is 0. The normalized spacial score (nSPS) is 9.18. The predicted molar refractivity (Wildman–Crippen MR) is 48.5 cm³/mol. The smallest absolute Gasteiger partial charge is 0.0271 e. The molecule has 1 rings (SSSR count). The van der Waals surface area contributed by atoms with Crippen molar-refractivity contribution in [3.8, 4) is 12.3 Å². The van der Waals surface area contributed by atoms with Crippen LogP contribution in [-0.4, -0.2) is 0 Å². The number of aryl methyl sites for hydroxylation is 2. The molecule has 0 saturated carbocycles. The van der Waals surface area contributed by atoms with E-state index >= 15 is 0 Å². The molecule has 0 aromatic heterocycles. The molecule has 11 heavy (non-hydrogen) atoms. The maximum Gasteiger partial charge on any atom is 0.0271 e. The zero-order chi connectivity index (χ0) is 8.27. The molecule has 56 valence electrons. The summed E-state index contributed by atoms with van der Waals surface area (Å²) in [5.41, 5.74) is 3.55. The molecule has 0 bridgehead atoms. The highest BCUT2D eigenvalue weighted by Crippen LogP contribution is 2.09. The van der Waals surface area contributed by atoms with Gasteiger partial charge in [-0.3, -0.25) is 0 Å². The largest absolute Gasteiger partial charge is 0.115 e. The average molecular weight is 144 g/mol. The van der Waals surface area contributed by atoms with Crippen molar-refractivity contribution in [3.63, 3.8) is 0 Å². The Bertz CT molecular complexity index is 289. The lowest BCUT2D eigenvalue weighted by molar-refractivity contribution is 1.13. The lowest BCUT2D eigenvalue weighted by Crippen LogP contribution is -1.85. The van der Waals surface area contributed by atoms with Gasteiger partial charge in [-0.2, -0.15) is 0 Å². The van der Waals surface area contributed by atoms with Crippen molar-refractivity contribution < 1.29 is 0 Å². The highest BCUT2D eigenvalue weighted by Gasteiger charge is 1.94. The molecular formula is C11H12. The Labute approximate surface area is 68.3 Å². The van der Waals surface area contributed by atoms with Crippen LogP contribution in [0.5, 0.6) is 0 Å². The van der Waals surface area contributed by atoms with E-state index in [1.54, 1.807) is 0 Å². The molecule has 0 aliphatic heterocycles. The fourth-order valence-corrected chi connectivity index (χ4v) is 1.11. The van der Waals surface area contributed by atoms with Gasteiger partial charge in [0.1, 0.15) is 0 Å². The van der Waals surface area contributed by atoms with Crippen LogP contribution in [0.1, 0.15) is 23.6 Å². The maximum absolute atomic E-state index is 5.29. The molecule has 1 aromatic rings. The van der Waals surface area contributed by atoms with Crippen LogP contribution in [0.15, 0.2) is 18.2 Å². The van der Waals surface area contributed by atoms with Crippen LogP contribution in [0.2, 0.25) is 0 Å². The van der Waals surface area contributed by atoms with E-state index in [1.165, 1.54) is 11.1 Å². The quantitative estimate of drug-likeness (QED) is 0.531. The summed E-state index contributed by atoms with van der Waals surface area (Å²) in [7, 11) is 0. The van der Waals surface area contributed by atoms with Crippen LogP contribution >= 0.6 is 0 Å². The number of hydrogen-bond donors (Lipinski definition) is 0. The minimum Gasteiger partial charge on any atom is -0.115 e. The Kier molecular flexibility index (Phi) is 2.33. The first kappa shape index (κ1) is 7.88. The van der Waals surface area contributed by atoms with E-state index in [0.29, 0.717) is 0 Å². The van der Waals surface area contributed by atoms with Gasteiger partial charge in [0.15, 0.2) is 0 Å². The highest BCUT2D eigenvalue weighted by atomic mass is 14.0. The molecular weight excluding hydrogens is 132 g/mol. The Morgan fingerprint density at radius 1 is 1.45 bits per heavy atom. The third-order valence-corrected chi connectivity index (χ3v) is 1.85. The van der Waals surface area contributed by atoms with E-state index in [9.17, 15) is 0 Å². The van der Waals surface area contributed by atoms with E-state index in [1.807, 2.05) is 13.0 Å². The number of rotatable bonds is 1. The minimum atomic E-state index is 1.00. The van der Waals surface area contributed by atoms with Crippen LogP contribution in [0.4, 0.5) is 0 Å². The van der Waals surface area contributed by atoms with Gasteiger partial charge in [-0.1, -0.05) is 25.0 Å². The lowest BCUT2D eigenvalue weighted by atomic mass is 10.0. The second-order valence-corrected chi connectivity index (χ2v) is 2.65. The van der Waals surface area contributed by atoms with Crippen molar-refractivity contribution in [2.24, 2.45) is 0 Å². The summed E-state index contributed by atoms with van der Waals surface area (Å²) in [5.74, 6) is 2.65. The second kappa shape index (κ2) is 3.25. The minimum absolute atomic E-state index is 1.00. The van der Waals surface area contributed by atoms with Crippen molar-refractivity contribution in [1.29, 1.82) is 0 Å². The van der Waals surface area contributed by atoms with Crippen LogP contribution in [0.25, 0.3) is 0 Å². The third-order valence-electron chi connectivity index (χ3n) is 1.85. The monoisotopic (exact) mass is 144 g/mol. The molecule has 0 heterocycles. The summed E-state index contributed by atoms with van der Waals surface area (Å²) < 4.78 is 0. The molecule has 1 aromatic carbocycles. The molecule has 0 unspecified atom stereocenters. The van der Waals surface area contributed by atoms with E-state index in [-0.39, 0.29) is 0 Å². The molecule has 0 aliphatic carbocycles. The van der Waals surface area contributed by atoms with Crippen LogP contribution in [0.3, 0.4) is 0 Å². The highest BCUT2D eigenvalue weighted by molar-refractivity contribution is 5.41. The molecule has 0 aliphatic rings. The maximum atomic E-state index is 5.29. The Morgan fingerprint density at radius 3 is 2.64 bits per heavy atom. The van der Waals surface area contributed by atoms with Gasteiger partial charge >= 0.3 is 0 Å². The van der Waals surface area contributed by atoms with Crippen molar-refractivity contribution in [2.75, 3.05) is 0 Å². The van der Waals surface area contributed by atoms with Crippen molar-refractivity contribution in [3.05, 3.63) is 34.9 Å². The Hall–Kier alpha value is -1.22. The standard InChI is InChI=1S/C11H12/c1-4-10-6-7-11(5-2)9(3)8-10/h2,6-8H,4H2,1,3H3. The van der Waals surface area contributed by atoms with Gasteiger partial charge in [-0.15, -0.1) is 6.42 Å². The summed E-state index contributed by atoms with van der Waals surface area (Å²) in [4.78, 5) is 0. The van der Waals surface area contributed by atoms with Gasteiger partial charge in [0, 0.05) is 5.56 Å². The average Bonchev–Trinajstić information content (AvgIpc) is 2.04. The van der Waals surface area contributed by atoms with Gasteiger partial charge in [0.25, 0.3) is 0 Å². The third kappa shape index (κ3) is 1.62. The molecule has 0 amide bonds. The van der Waals surface area contributed by atoms with Crippen LogP contribution in [-0.2, 0) is 6.42 Å². The zero-order valence-electron chi connectivity index (χ0n) is 7.02. The second-order valence-electron chi connectivity index (χ2n) is 2.65. The van der Waals surface area contributed by atoms with Gasteiger partial charge in [-0.25, -0.2) is 0 Å². The molecule has 0 N–H and O–H groups in total. The van der Waals surface area contributed by atoms with Crippen molar-refractivity contribution in [1.82, 2.24) is 0 Å². The van der Waals surface area contributed by atoms with E-state index in [4.69, 9.17) is 6.42 Å². The molecule has 0 fully saturated rings.